The van der Waals surface area contributed by atoms with E-state index in [2.05, 4.69) is 15.6 Å². The Morgan fingerprint density at radius 1 is 1.35 bits per heavy atom. The summed E-state index contributed by atoms with van der Waals surface area (Å²) in [6.45, 7) is 3.40. The Kier molecular flexibility index (Phi) is 3.76. The van der Waals surface area contributed by atoms with Gasteiger partial charge in [0, 0.05) is 11.6 Å². The fraction of sp³-hybridized carbons (Fsp3) is 0.333. The molecule has 1 aromatic heterocycles. The van der Waals surface area contributed by atoms with E-state index in [4.69, 9.17) is 11.6 Å². The van der Waals surface area contributed by atoms with Crippen LogP contribution in [0.4, 0.5) is 0 Å². The molecule has 17 heavy (non-hydrogen) atoms. The molecule has 0 radical (unpaired) electrons. The van der Waals surface area contributed by atoms with E-state index in [0.29, 0.717) is 6.54 Å². The second-order valence-corrected chi connectivity index (χ2v) is 4.31. The second kappa shape index (κ2) is 5.29. The molecule has 0 bridgehead atoms. The molecule has 0 saturated heterocycles. The van der Waals surface area contributed by atoms with Gasteiger partial charge in [0.2, 0.25) is 0 Å². The summed E-state index contributed by atoms with van der Waals surface area (Å²) < 4.78 is 1.87. The number of rotatable bonds is 4. The topological polar surface area (TPSA) is 42.7 Å². The van der Waals surface area contributed by atoms with Crippen LogP contribution in [0, 0.1) is 6.92 Å². The molecule has 4 nitrogen and oxygen atoms in total. The molecule has 1 N–H and O–H groups in total. The van der Waals surface area contributed by atoms with Crippen LogP contribution in [0.25, 0.3) is 0 Å². The Balaban J connectivity index is 2.22. The molecule has 1 aromatic carbocycles. The van der Waals surface area contributed by atoms with E-state index < -0.39 is 0 Å². The average molecular weight is 251 g/mol. The van der Waals surface area contributed by atoms with E-state index in [1.165, 1.54) is 0 Å². The number of aromatic nitrogens is 3. The Labute approximate surface area is 106 Å². The molecule has 0 atom stereocenters. The number of halogens is 1. The predicted octanol–water partition coefficient (Wildman–Crippen LogP) is 2.01. The highest BCUT2D eigenvalue weighted by Gasteiger charge is 2.09. The lowest BCUT2D eigenvalue weighted by Crippen LogP contribution is -2.08. The summed E-state index contributed by atoms with van der Waals surface area (Å²) in [4.78, 5) is 0. The molecule has 0 aliphatic carbocycles. The van der Waals surface area contributed by atoms with E-state index in [9.17, 15) is 0 Å². The highest BCUT2D eigenvalue weighted by atomic mass is 35.5. The molecule has 0 fully saturated rings. The highest BCUT2D eigenvalue weighted by molar-refractivity contribution is 6.31. The minimum atomic E-state index is 0.655. The molecular formula is C12H15ClN4. The van der Waals surface area contributed by atoms with E-state index in [0.717, 1.165) is 28.5 Å². The average Bonchev–Trinajstić information content (AvgIpc) is 2.65. The van der Waals surface area contributed by atoms with Crippen molar-refractivity contribution < 1.29 is 0 Å². The van der Waals surface area contributed by atoms with Crippen molar-refractivity contribution in [1.29, 1.82) is 0 Å². The zero-order valence-electron chi connectivity index (χ0n) is 9.94. The lowest BCUT2D eigenvalue weighted by atomic mass is 10.2. The van der Waals surface area contributed by atoms with Gasteiger partial charge in [-0.3, -0.25) is 0 Å². The van der Waals surface area contributed by atoms with Crippen LogP contribution in [0.3, 0.4) is 0 Å². The van der Waals surface area contributed by atoms with E-state index in [1.807, 2.05) is 42.9 Å². The smallest absolute Gasteiger partial charge is 0.0993 e. The maximum absolute atomic E-state index is 6.12. The minimum Gasteiger partial charge on any atom is -0.314 e. The van der Waals surface area contributed by atoms with E-state index >= 15 is 0 Å². The normalized spacial score (nSPS) is 10.8. The van der Waals surface area contributed by atoms with E-state index in [-0.39, 0.29) is 0 Å². The largest absolute Gasteiger partial charge is 0.314 e. The van der Waals surface area contributed by atoms with Crippen LogP contribution in [0.2, 0.25) is 5.02 Å². The Hall–Kier alpha value is -1.39. The van der Waals surface area contributed by atoms with Gasteiger partial charge in [0.05, 0.1) is 17.9 Å². The minimum absolute atomic E-state index is 0.655. The van der Waals surface area contributed by atoms with Gasteiger partial charge in [-0.05, 0) is 25.6 Å². The lowest BCUT2D eigenvalue weighted by Gasteiger charge is -2.05. The molecule has 1 heterocycles. The molecule has 0 unspecified atom stereocenters. The molecule has 0 saturated carbocycles. The van der Waals surface area contributed by atoms with Crippen LogP contribution in [-0.2, 0) is 13.1 Å². The zero-order chi connectivity index (χ0) is 12.3. The summed E-state index contributed by atoms with van der Waals surface area (Å²) in [6.07, 6.45) is 0. The van der Waals surface area contributed by atoms with Crippen molar-refractivity contribution in [2.45, 2.75) is 20.0 Å². The first-order valence-electron chi connectivity index (χ1n) is 5.49. The van der Waals surface area contributed by atoms with Gasteiger partial charge in [-0.2, -0.15) is 0 Å². The summed E-state index contributed by atoms with van der Waals surface area (Å²) in [5.74, 6) is 0. The number of nitrogens with one attached hydrogen (secondary N) is 1. The third-order valence-electron chi connectivity index (χ3n) is 2.70. The monoisotopic (exact) mass is 250 g/mol. The van der Waals surface area contributed by atoms with Gasteiger partial charge in [0.1, 0.15) is 0 Å². The maximum Gasteiger partial charge on any atom is 0.0993 e. The third kappa shape index (κ3) is 2.65. The molecule has 0 spiro atoms. The molecule has 0 aliphatic rings. The van der Waals surface area contributed by atoms with Crippen molar-refractivity contribution in [3.8, 4) is 0 Å². The van der Waals surface area contributed by atoms with Crippen LogP contribution in [0.5, 0.6) is 0 Å². The van der Waals surface area contributed by atoms with Crippen LogP contribution in [0.1, 0.15) is 17.0 Å². The van der Waals surface area contributed by atoms with Crippen molar-refractivity contribution in [2.24, 2.45) is 0 Å². The Bertz CT molecular complexity index is 507. The number of hydrogen-bond donors (Lipinski definition) is 1. The van der Waals surface area contributed by atoms with Crippen molar-refractivity contribution in [3.63, 3.8) is 0 Å². The van der Waals surface area contributed by atoms with Gasteiger partial charge >= 0.3 is 0 Å². The van der Waals surface area contributed by atoms with Crippen LogP contribution >= 0.6 is 11.6 Å². The van der Waals surface area contributed by atoms with Crippen LogP contribution < -0.4 is 5.32 Å². The first kappa shape index (κ1) is 12.1. The third-order valence-corrected chi connectivity index (χ3v) is 3.07. The van der Waals surface area contributed by atoms with Crippen LogP contribution in [0.15, 0.2) is 24.3 Å². The molecule has 90 valence electrons. The standard InChI is InChI=1S/C12H15ClN4/c1-9-12(7-14-2)15-16-17(9)8-10-5-3-4-6-11(10)13/h3-6,14H,7-8H2,1-2H3. The first-order chi connectivity index (χ1) is 8.22. The summed E-state index contributed by atoms with van der Waals surface area (Å²) in [6, 6.07) is 7.79. The number of benzene rings is 1. The first-order valence-corrected chi connectivity index (χ1v) is 5.87. The SMILES string of the molecule is CNCc1nnn(Cc2ccccc2Cl)c1C. The van der Waals surface area contributed by atoms with Crippen molar-refractivity contribution in [2.75, 3.05) is 7.05 Å². The highest BCUT2D eigenvalue weighted by Crippen LogP contribution is 2.16. The van der Waals surface area contributed by atoms with Gasteiger partial charge in [0.25, 0.3) is 0 Å². The van der Waals surface area contributed by atoms with Gasteiger partial charge in [0.15, 0.2) is 0 Å². The van der Waals surface area contributed by atoms with Gasteiger partial charge in [-0.15, -0.1) is 5.10 Å². The van der Waals surface area contributed by atoms with Crippen LogP contribution in [-0.4, -0.2) is 22.0 Å². The maximum atomic E-state index is 6.12. The molecule has 2 aromatic rings. The fourth-order valence-electron chi connectivity index (χ4n) is 1.67. The number of hydrogen-bond acceptors (Lipinski definition) is 3. The second-order valence-electron chi connectivity index (χ2n) is 3.90. The molecule has 2 rings (SSSR count). The summed E-state index contributed by atoms with van der Waals surface area (Å²) in [7, 11) is 1.90. The number of nitrogens with zero attached hydrogens (tertiary/aromatic N) is 3. The van der Waals surface area contributed by atoms with Crippen molar-refractivity contribution in [1.82, 2.24) is 20.3 Å². The predicted molar refractivity (Wildman–Crippen MR) is 68.1 cm³/mol. The summed E-state index contributed by atoms with van der Waals surface area (Å²) >= 11 is 6.12. The molecular weight excluding hydrogens is 236 g/mol. The van der Waals surface area contributed by atoms with Gasteiger partial charge in [-0.1, -0.05) is 35.0 Å². The van der Waals surface area contributed by atoms with Crippen molar-refractivity contribution >= 4 is 11.6 Å². The Morgan fingerprint density at radius 2 is 2.12 bits per heavy atom. The summed E-state index contributed by atoms with van der Waals surface area (Å²) in [5, 5.41) is 12.1. The summed E-state index contributed by atoms with van der Waals surface area (Å²) in [5.41, 5.74) is 3.09. The van der Waals surface area contributed by atoms with E-state index in [1.54, 1.807) is 0 Å². The molecule has 0 aliphatic heterocycles. The zero-order valence-corrected chi connectivity index (χ0v) is 10.7. The molecule has 0 amide bonds. The fourth-order valence-corrected chi connectivity index (χ4v) is 1.86. The van der Waals surface area contributed by atoms with Gasteiger partial charge in [-0.25, -0.2) is 4.68 Å². The van der Waals surface area contributed by atoms with Gasteiger partial charge < -0.3 is 5.32 Å². The molecule has 5 heteroatoms. The Morgan fingerprint density at radius 3 is 2.82 bits per heavy atom. The van der Waals surface area contributed by atoms with Crippen molar-refractivity contribution in [3.05, 3.63) is 46.2 Å². The lowest BCUT2D eigenvalue weighted by molar-refractivity contribution is 0.633. The quantitative estimate of drug-likeness (QED) is 0.903.